The molecule has 1 aliphatic rings. The van der Waals surface area contributed by atoms with Crippen LogP contribution < -0.4 is 16.6 Å². The smallest absolute Gasteiger partial charge is 0.306 e. The normalized spacial score (nSPS) is 12.7. The number of rotatable bonds is 5. The van der Waals surface area contributed by atoms with E-state index in [0.717, 1.165) is 11.6 Å². The van der Waals surface area contributed by atoms with Gasteiger partial charge in [-0.15, -0.1) is 0 Å². The average Bonchev–Trinajstić information content (AvgIpc) is 2.88. The minimum absolute atomic E-state index is 0.000914. The van der Waals surface area contributed by atoms with Gasteiger partial charge in [0.25, 0.3) is 17.4 Å². The molecule has 0 radical (unpaired) electrons. The Kier molecular flexibility index (Phi) is 4.57. The molecule has 3 N–H and O–H groups in total. The lowest BCUT2D eigenvalue weighted by Gasteiger charge is -2.12. The maximum Gasteiger partial charge on any atom is 0.306 e. The zero-order chi connectivity index (χ0) is 18.8. The third-order valence-corrected chi connectivity index (χ3v) is 4.07. The summed E-state index contributed by atoms with van der Waals surface area (Å²) < 4.78 is 6.06. The third-order valence-electron chi connectivity index (χ3n) is 4.07. The number of aryl methyl sites for hydroxylation is 1. The highest BCUT2D eigenvalue weighted by atomic mass is 16.5. The molecule has 8 heteroatoms. The van der Waals surface area contributed by atoms with E-state index < -0.39 is 17.4 Å². The minimum atomic E-state index is -0.629. The Morgan fingerprint density at radius 3 is 2.50 bits per heavy atom. The lowest BCUT2D eigenvalue weighted by Crippen LogP contribution is -2.24. The lowest BCUT2D eigenvalue weighted by atomic mass is 10.1. The molecule has 0 atom stereocenters. The third kappa shape index (κ3) is 3.08. The van der Waals surface area contributed by atoms with E-state index in [4.69, 9.17) is 10.5 Å². The van der Waals surface area contributed by atoms with Crippen molar-refractivity contribution in [3.05, 3.63) is 57.4 Å². The summed E-state index contributed by atoms with van der Waals surface area (Å²) >= 11 is 0. The predicted molar refractivity (Wildman–Crippen MR) is 93.2 cm³/mol. The number of carbonyl (C=O) groups excluding carboxylic acids is 3. The van der Waals surface area contributed by atoms with E-state index >= 15 is 0 Å². The molecule has 1 aromatic carbocycles. The predicted octanol–water partition coefficient (Wildman–Crippen LogP) is 0.799. The van der Waals surface area contributed by atoms with Crippen LogP contribution >= 0.6 is 0 Å². The van der Waals surface area contributed by atoms with Crippen LogP contribution in [-0.2, 0) is 16.0 Å². The second-order valence-corrected chi connectivity index (χ2v) is 5.75. The fourth-order valence-electron chi connectivity index (χ4n) is 2.84. The number of hydrogen-bond acceptors (Lipinski definition) is 6. The molecule has 134 valence electrons. The molecule has 2 amide bonds. The molecule has 0 spiro atoms. The topological polar surface area (TPSA) is 120 Å². The zero-order valence-corrected chi connectivity index (χ0v) is 14.1. The van der Waals surface area contributed by atoms with Gasteiger partial charge in [0.1, 0.15) is 5.82 Å². The van der Waals surface area contributed by atoms with Crippen molar-refractivity contribution in [2.45, 2.75) is 19.8 Å². The molecule has 0 saturated carbocycles. The van der Waals surface area contributed by atoms with Crippen LogP contribution in [0.1, 0.15) is 39.6 Å². The van der Waals surface area contributed by atoms with E-state index in [0.29, 0.717) is 18.7 Å². The average molecular weight is 355 g/mol. The number of pyridine rings is 1. The van der Waals surface area contributed by atoms with Gasteiger partial charge in [-0.25, -0.2) is 0 Å². The number of nitrogens with zero attached hydrogens (tertiary/aromatic N) is 1. The number of amides is 2. The number of hydrogen-bond donors (Lipinski definition) is 2. The van der Waals surface area contributed by atoms with Crippen LogP contribution in [0, 0.1) is 0 Å². The molecule has 1 aromatic heterocycles. The number of nitrogens with two attached hydrogens (primary N) is 1. The number of fused-ring (bicyclic) bond motifs is 1. The molecule has 0 unspecified atom stereocenters. The van der Waals surface area contributed by atoms with Crippen molar-refractivity contribution in [2.75, 3.05) is 12.3 Å². The Balaban J connectivity index is 1.90. The van der Waals surface area contributed by atoms with Crippen molar-refractivity contribution in [1.82, 2.24) is 9.88 Å². The summed E-state index contributed by atoms with van der Waals surface area (Å²) in [7, 11) is 0. The van der Waals surface area contributed by atoms with Gasteiger partial charge in [-0.1, -0.05) is 12.1 Å². The highest BCUT2D eigenvalue weighted by Gasteiger charge is 2.31. The van der Waals surface area contributed by atoms with Crippen LogP contribution in [0.15, 0.2) is 35.1 Å². The fraction of sp³-hybridized carbons (Fsp3) is 0.222. The van der Waals surface area contributed by atoms with Crippen LogP contribution in [0.5, 0.6) is 0 Å². The summed E-state index contributed by atoms with van der Waals surface area (Å²) in [5.74, 6) is -1.61. The standard InChI is InChI=1S/C18H17N3O5/c1-2-26-14(23)8-5-10-3-6-11(7-4-10)21-13(22)9-12-15(16(21)19)18(25)20-17(12)24/h3-4,6-7,9H,2,5,8,19H2,1H3,(H,20,24,25). The van der Waals surface area contributed by atoms with Gasteiger partial charge in [-0.2, -0.15) is 0 Å². The first-order valence-corrected chi connectivity index (χ1v) is 8.08. The molecule has 3 rings (SSSR count). The number of nitrogens with one attached hydrogen (secondary N) is 1. The summed E-state index contributed by atoms with van der Waals surface area (Å²) in [6.45, 7) is 2.09. The van der Waals surface area contributed by atoms with Gasteiger partial charge in [0, 0.05) is 12.5 Å². The lowest BCUT2D eigenvalue weighted by molar-refractivity contribution is -0.143. The van der Waals surface area contributed by atoms with Crippen molar-refractivity contribution in [3.63, 3.8) is 0 Å². The van der Waals surface area contributed by atoms with Crippen molar-refractivity contribution >= 4 is 23.6 Å². The largest absolute Gasteiger partial charge is 0.466 e. The first-order valence-electron chi connectivity index (χ1n) is 8.08. The molecule has 0 bridgehead atoms. The van der Waals surface area contributed by atoms with Crippen LogP contribution in [0.25, 0.3) is 5.69 Å². The highest BCUT2D eigenvalue weighted by molar-refractivity contribution is 6.23. The number of aromatic nitrogens is 1. The Morgan fingerprint density at radius 1 is 1.15 bits per heavy atom. The SMILES string of the molecule is CCOC(=O)CCc1ccc(-n2c(N)c3c(cc2=O)C(=O)NC3=O)cc1. The molecule has 8 nitrogen and oxygen atoms in total. The number of imide groups is 1. The summed E-state index contributed by atoms with van der Waals surface area (Å²) in [6.07, 6.45) is 0.765. The number of esters is 1. The number of carbonyl (C=O) groups is 3. The first kappa shape index (κ1) is 17.4. The van der Waals surface area contributed by atoms with E-state index in [-0.39, 0.29) is 29.3 Å². The van der Waals surface area contributed by atoms with E-state index in [9.17, 15) is 19.2 Å². The number of ether oxygens (including phenoxy) is 1. The summed E-state index contributed by atoms with van der Waals surface area (Å²) in [4.78, 5) is 47.3. The van der Waals surface area contributed by atoms with Gasteiger partial charge in [-0.05, 0) is 31.0 Å². The van der Waals surface area contributed by atoms with Crippen molar-refractivity contribution in [1.29, 1.82) is 0 Å². The minimum Gasteiger partial charge on any atom is -0.466 e. The maximum atomic E-state index is 12.4. The molecular formula is C18H17N3O5. The molecule has 2 heterocycles. The van der Waals surface area contributed by atoms with E-state index in [2.05, 4.69) is 5.32 Å². The highest BCUT2D eigenvalue weighted by Crippen LogP contribution is 2.23. The second-order valence-electron chi connectivity index (χ2n) is 5.75. The molecule has 0 fully saturated rings. The van der Waals surface area contributed by atoms with Gasteiger partial charge in [0.15, 0.2) is 0 Å². The van der Waals surface area contributed by atoms with Gasteiger partial charge in [0.05, 0.1) is 23.4 Å². The summed E-state index contributed by atoms with van der Waals surface area (Å²) in [5, 5.41) is 2.12. The van der Waals surface area contributed by atoms with Crippen molar-refractivity contribution < 1.29 is 19.1 Å². The number of nitrogen functional groups attached to an aromatic ring is 1. The fourth-order valence-corrected chi connectivity index (χ4v) is 2.84. The quantitative estimate of drug-likeness (QED) is 0.604. The van der Waals surface area contributed by atoms with Gasteiger partial charge in [0.2, 0.25) is 0 Å². The second kappa shape index (κ2) is 6.83. The van der Waals surface area contributed by atoms with Gasteiger partial charge in [-0.3, -0.25) is 29.1 Å². The summed E-state index contributed by atoms with van der Waals surface area (Å²) in [5.41, 5.74) is 6.81. The zero-order valence-electron chi connectivity index (χ0n) is 14.1. The van der Waals surface area contributed by atoms with Crippen molar-refractivity contribution in [2.24, 2.45) is 0 Å². The van der Waals surface area contributed by atoms with E-state index in [1.165, 1.54) is 4.57 Å². The van der Waals surface area contributed by atoms with E-state index in [1.807, 2.05) is 0 Å². The van der Waals surface area contributed by atoms with Crippen LogP contribution in [0.3, 0.4) is 0 Å². The Hall–Kier alpha value is -3.42. The number of anilines is 1. The molecule has 1 aliphatic heterocycles. The number of benzene rings is 1. The maximum absolute atomic E-state index is 12.4. The molecule has 0 aliphatic carbocycles. The molecule has 0 saturated heterocycles. The van der Waals surface area contributed by atoms with Gasteiger partial charge < -0.3 is 10.5 Å². The van der Waals surface area contributed by atoms with Crippen LogP contribution in [-0.4, -0.2) is 29.0 Å². The molecule has 2 aromatic rings. The van der Waals surface area contributed by atoms with Crippen LogP contribution in [0.2, 0.25) is 0 Å². The first-order chi connectivity index (χ1) is 12.4. The van der Waals surface area contributed by atoms with Crippen LogP contribution in [0.4, 0.5) is 5.82 Å². The van der Waals surface area contributed by atoms with Crippen molar-refractivity contribution in [3.8, 4) is 5.69 Å². The molecule has 26 heavy (non-hydrogen) atoms. The Bertz CT molecular complexity index is 960. The molecular weight excluding hydrogens is 338 g/mol. The van der Waals surface area contributed by atoms with E-state index in [1.54, 1.807) is 31.2 Å². The monoisotopic (exact) mass is 355 g/mol. The summed E-state index contributed by atoms with van der Waals surface area (Å²) in [6, 6.07) is 7.96. The van der Waals surface area contributed by atoms with Gasteiger partial charge >= 0.3 is 5.97 Å². The Morgan fingerprint density at radius 2 is 1.85 bits per heavy atom. The Labute approximate surface area is 148 Å².